The van der Waals surface area contributed by atoms with Gasteiger partial charge in [-0.25, -0.2) is 0 Å². The molecular weight excluding hydrogens is 296 g/mol. The Labute approximate surface area is 138 Å². The lowest BCUT2D eigenvalue weighted by atomic mass is 10.0. The first kappa shape index (κ1) is 13.3. The van der Waals surface area contributed by atoms with Crippen molar-refractivity contribution in [2.75, 3.05) is 0 Å². The zero-order valence-corrected chi connectivity index (χ0v) is 13.2. The fourth-order valence-corrected chi connectivity index (χ4v) is 3.38. The average Bonchev–Trinajstić information content (AvgIpc) is 3.02. The average molecular weight is 310 g/mol. The Hall–Kier alpha value is -3.20. The van der Waals surface area contributed by atoms with Crippen molar-refractivity contribution >= 4 is 32.7 Å². The van der Waals surface area contributed by atoms with Crippen LogP contribution in [-0.2, 0) is 0 Å². The third-order valence-corrected chi connectivity index (χ3v) is 4.55. The van der Waals surface area contributed by atoms with Crippen LogP contribution in [0.25, 0.3) is 44.0 Å². The van der Waals surface area contributed by atoms with Crippen LogP contribution in [0.4, 0.5) is 0 Å². The molecule has 0 amide bonds. The Morgan fingerprint density at radius 1 is 0.667 bits per heavy atom. The van der Waals surface area contributed by atoms with Gasteiger partial charge in [-0.05, 0) is 37.3 Å². The molecule has 0 bridgehead atoms. The molecule has 0 N–H and O–H groups in total. The molecule has 2 aromatic carbocycles. The van der Waals surface area contributed by atoms with Gasteiger partial charge in [0, 0.05) is 45.2 Å². The number of hydrogen-bond acceptors (Lipinski definition) is 3. The van der Waals surface area contributed by atoms with E-state index in [1.165, 1.54) is 0 Å². The Morgan fingerprint density at radius 2 is 1.50 bits per heavy atom. The SMILES string of the molecule is Cc1nccc2c1ccc1c3cccc(-c4ccccn4)c3oc21. The maximum Gasteiger partial charge on any atom is 0.144 e. The monoisotopic (exact) mass is 310 g/mol. The number of benzene rings is 2. The van der Waals surface area contributed by atoms with Crippen molar-refractivity contribution < 1.29 is 4.42 Å². The van der Waals surface area contributed by atoms with E-state index < -0.39 is 0 Å². The van der Waals surface area contributed by atoms with E-state index in [9.17, 15) is 0 Å². The highest BCUT2D eigenvalue weighted by Crippen LogP contribution is 2.38. The van der Waals surface area contributed by atoms with E-state index in [0.29, 0.717) is 0 Å². The van der Waals surface area contributed by atoms with Crippen LogP contribution < -0.4 is 0 Å². The molecule has 3 heteroatoms. The van der Waals surface area contributed by atoms with E-state index in [1.54, 1.807) is 6.20 Å². The van der Waals surface area contributed by atoms with Crippen LogP contribution in [-0.4, -0.2) is 9.97 Å². The topological polar surface area (TPSA) is 38.9 Å². The van der Waals surface area contributed by atoms with Crippen molar-refractivity contribution in [1.82, 2.24) is 9.97 Å². The zero-order valence-electron chi connectivity index (χ0n) is 13.2. The van der Waals surface area contributed by atoms with Gasteiger partial charge in [0.1, 0.15) is 11.2 Å². The summed E-state index contributed by atoms with van der Waals surface area (Å²) in [6.07, 6.45) is 3.64. The number of rotatable bonds is 1. The second kappa shape index (κ2) is 4.90. The molecule has 0 saturated carbocycles. The highest BCUT2D eigenvalue weighted by atomic mass is 16.3. The minimum Gasteiger partial charge on any atom is -0.455 e. The van der Waals surface area contributed by atoms with Crippen molar-refractivity contribution in [3.63, 3.8) is 0 Å². The third-order valence-electron chi connectivity index (χ3n) is 4.55. The first-order valence-corrected chi connectivity index (χ1v) is 7.94. The van der Waals surface area contributed by atoms with Gasteiger partial charge in [-0.3, -0.25) is 9.97 Å². The predicted octanol–water partition coefficient (Wildman–Crippen LogP) is 5.50. The Morgan fingerprint density at radius 3 is 2.38 bits per heavy atom. The number of para-hydroxylation sites is 1. The molecule has 0 spiro atoms. The van der Waals surface area contributed by atoms with Crippen LogP contribution in [0, 0.1) is 6.92 Å². The number of fused-ring (bicyclic) bond motifs is 5. The molecule has 5 aromatic rings. The Bertz CT molecular complexity index is 1210. The normalized spacial score (nSPS) is 11.5. The second-order valence-electron chi connectivity index (χ2n) is 5.93. The summed E-state index contributed by atoms with van der Waals surface area (Å²) >= 11 is 0. The van der Waals surface area contributed by atoms with E-state index in [4.69, 9.17) is 4.42 Å². The summed E-state index contributed by atoms with van der Waals surface area (Å²) in [5.41, 5.74) is 4.75. The van der Waals surface area contributed by atoms with E-state index in [2.05, 4.69) is 40.3 Å². The lowest BCUT2D eigenvalue weighted by molar-refractivity contribution is 0.673. The van der Waals surface area contributed by atoms with Gasteiger partial charge in [0.2, 0.25) is 0 Å². The fraction of sp³-hybridized carbons (Fsp3) is 0.0476. The largest absolute Gasteiger partial charge is 0.455 e. The van der Waals surface area contributed by atoms with Crippen LogP contribution in [0.3, 0.4) is 0 Å². The van der Waals surface area contributed by atoms with Crippen molar-refractivity contribution in [1.29, 1.82) is 0 Å². The van der Waals surface area contributed by atoms with Crippen molar-refractivity contribution in [3.8, 4) is 11.3 Å². The third kappa shape index (κ3) is 1.78. The first-order chi connectivity index (χ1) is 11.8. The van der Waals surface area contributed by atoms with Crippen molar-refractivity contribution in [3.05, 3.63) is 72.7 Å². The molecule has 0 fully saturated rings. The lowest BCUT2D eigenvalue weighted by Crippen LogP contribution is -1.82. The molecule has 3 aromatic heterocycles. The van der Waals surface area contributed by atoms with E-state index in [1.807, 2.05) is 37.4 Å². The maximum atomic E-state index is 6.34. The molecule has 114 valence electrons. The van der Waals surface area contributed by atoms with Crippen LogP contribution in [0.1, 0.15) is 5.69 Å². The van der Waals surface area contributed by atoms with Gasteiger partial charge in [0.15, 0.2) is 0 Å². The molecule has 0 unspecified atom stereocenters. The minimum absolute atomic E-state index is 0.883. The van der Waals surface area contributed by atoms with Gasteiger partial charge in [-0.15, -0.1) is 0 Å². The summed E-state index contributed by atoms with van der Waals surface area (Å²) in [4.78, 5) is 8.86. The van der Waals surface area contributed by atoms with Gasteiger partial charge in [0.25, 0.3) is 0 Å². The highest BCUT2D eigenvalue weighted by molar-refractivity contribution is 6.17. The van der Waals surface area contributed by atoms with E-state index in [0.717, 1.165) is 49.7 Å². The number of nitrogens with zero attached hydrogens (tertiary/aromatic N) is 2. The summed E-state index contributed by atoms with van der Waals surface area (Å²) in [7, 11) is 0. The second-order valence-corrected chi connectivity index (χ2v) is 5.93. The molecule has 3 heterocycles. The lowest BCUT2D eigenvalue weighted by Gasteiger charge is -2.00. The van der Waals surface area contributed by atoms with Gasteiger partial charge >= 0.3 is 0 Å². The molecule has 0 aliphatic carbocycles. The van der Waals surface area contributed by atoms with Gasteiger partial charge in [-0.1, -0.05) is 24.3 Å². The minimum atomic E-state index is 0.883. The number of hydrogen-bond donors (Lipinski definition) is 0. The molecule has 0 aliphatic heterocycles. The highest BCUT2D eigenvalue weighted by Gasteiger charge is 2.15. The number of aryl methyl sites for hydroxylation is 1. The van der Waals surface area contributed by atoms with Crippen LogP contribution in [0.2, 0.25) is 0 Å². The zero-order chi connectivity index (χ0) is 16.1. The molecular formula is C21H14N2O. The fourth-order valence-electron chi connectivity index (χ4n) is 3.38. The summed E-state index contributed by atoms with van der Waals surface area (Å²) in [6.45, 7) is 2.02. The molecule has 0 radical (unpaired) electrons. The summed E-state index contributed by atoms with van der Waals surface area (Å²) in [6, 6.07) is 18.4. The van der Waals surface area contributed by atoms with Crippen molar-refractivity contribution in [2.45, 2.75) is 6.92 Å². The molecule has 5 rings (SSSR count). The smallest absolute Gasteiger partial charge is 0.144 e. The standard InChI is InChI=1S/C21H14N2O/c1-13-14-8-9-16-15-5-4-6-18(19-7-2-3-11-23-19)21(15)24-20(16)17(14)10-12-22-13/h2-12H,1H3. The summed E-state index contributed by atoms with van der Waals surface area (Å²) in [5.74, 6) is 0. The number of furan rings is 1. The molecule has 0 aliphatic rings. The Balaban J connectivity index is 1.94. The summed E-state index contributed by atoms with van der Waals surface area (Å²) < 4.78 is 6.34. The van der Waals surface area contributed by atoms with Crippen LogP contribution >= 0.6 is 0 Å². The van der Waals surface area contributed by atoms with Gasteiger partial charge in [-0.2, -0.15) is 0 Å². The molecule has 0 saturated heterocycles. The molecule has 24 heavy (non-hydrogen) atoms. The first-order valence-electron chi connectivity index (χ1n) is 7.94. The molecule has 0 atom stereocenters. The quantitative estimate of drug-likeness (QED) is 0.410. The van der Waals surface area contributed by atoms with E-state index in [-0.39, 0.29) is 0 Å². The van der Waals surface area contributed by atoms with E-state index >= 15 is 0 Å². The summed E-state index contributed by atoms with van der Waals surface area (Å²) in [5, 5.41) is 4.47. The number of aromatic nitrogens is 2. The maximum absolute atomic E-state index is 6.34. The Kier molecular flexibility index (Phi) is 2.71. The molecule has 3 nitrogen and oxygen atoms in total. The van der Waals surface area contributed by atoms with Crippen LogP contribution in [0.15, 0.2) is 71.4 Å². The van der Waals surface area contributed by atoms with Gasteiger partial charge in [0.05, 0.1) is 5.69 Å². The van der Waals surface area contributed by atoms with Crippen LogP contribution in [0.5, 0.6) is 0 Å². The van der Waals surface area contributed by atoms with Crippen molar-refractivity contribution in [2.24, 2.45) is 0 Å². The number of pyridine rings is 2. The predicted molar refractivity (Wildman–Crippen MR) is 97.0 cm³/mol. The van der Waals surface area contributed by atoms with Gasteiger partial charge < -0.3 is 4.42 Å².